The largest absolute Gasteiger partial charge is 0.478 e. The molecule has 2 N–H and O–H groups in total. The zero-order chi connectivity index (χ0) is 10.8. The first-order valence-corrected chi connectivity index (χ1v) is 5.54. The quantitative estimate of drug-likeness (QED) is 0.780. The second kappa shape index (κ2) is 4.04. The molecule has 0 spiro atoms. The molecular weight excluding hydrogens is 192 g/mol. The number of aromatic amines is 1. The minimum absolute atomic E-state index is 0.416. The third-order valence-corrected chi connectivity index (χ3v) is 2.84. The lowest BCUT2D eigenvalue weighted by molar-refractivity contribution is 0.0694. The summed E-state index contributed by atoms with van der Waals surface area (Å²) in [6.07, 6.45) is 5.01. The molecule has 0 amide bonds. The van der Waals surface area contributed by atoms with Crippen molar-refractivity contribution in [1.29, 1.82) is 0 Å². The molecule has 1 fully saturated rings. The van der Waals surface area contributed by atoms with Gasteiger partial charge in [0.25, 0.3) is 0 Å². The molecule has 1 aliphatic carbocycles. The molecule has 0 saturated heterocycles. The summed E-state index contributed by atoms with van der Waals surface area (Å²) >= 11 is 0. The first-order valence-electron chi connectivity index (χ1n) is 5.54. The van der Waals surface area contributed by atoms with Crippen LogP contribution in [0.15, 0.2) is 0 Å². The topological polar surface area (TPSA) is 66.0 Å². The molecule has 0 unspecified atom stereocenters. The number of carbonyl (C=O) groups is 1. The van der Waals surface area contributed by atoms with Crippen molar-refractivity contribution in [3.05, 3.63) is 17.0 Å². The van der Waals surface area contributed by atoms with E-state index in [0.717, 1.165) is 43.5 Å². The van der Waals surface area contributed by atoms with Gasteiger partial charge in [-0.2, -0.15) is 5.10 Å². The molecule has 1 aromatic heterocycles. The number of rotatable bonds is 5. The molecule has 0 aliphatic heterocycles. The predicted molar refractivity (Wildman–Crippen MR) is 56.1 cm³/mol. The van der Waals surface area contributed by atoms with Gasteiger partial charge < -0.3 is 5.11 Å². The first kappa shape index (κ1) is 10.2. The third kappa shape index (κ3) is 2.03. The maximum absolute atomic E-state index is 11.1. The summed E-state index contributed by atoms with van der Waals surface area (Å²) < 4.78 is 0. The van der Waals surface area contributed by atoms with Crippen LogP contribution in [0.5, 0.6) is 0 Å². The fourth-order valence-corrected chi connectivity index (χ4v) is 1.83. The Labute approximate surface area is 88.7 Å². The maximum atomic E-state index is 11.1. The monoisotopic (exact) mass is 208 g/mol. The second-order valence-electron chi connectivity index (χ2n) is 4.14. The van der Waals surface area contributed by atoms with Crippen LogP contribution in [-0.2, 0) is 6.42 Å². The van der Waals surface area contributed by atoms with Crippen LogP contribution in [0.3, 0.4) is 0 Å². The summed E-state index contributed by atoms with van der Waals surface area (Å²) in [5, 5.41) is 16.2. The molecule has 82 valence electrons. The van der Waals surface area contributed by atoms with Crippen molar-refractivity contribution in [2.75, 3.05) is 0 Å². The number of hydrogen-bond acceptors (Lipinski definition) is 2. The molecule has 1 aromatic rings. The Kier molecular flexibility index (Phi) is 2.75. The normalized spacial score (nSPS) is 15.5. The van der Waals surface area contributed by atoms with Gasteiger partial charge in [-0.1, -0.05) is 13.3 Å². The molecule has 1 saturated carbocycles. The summed E-state index contributed by atoms with van der Waals surface area (Å²) in [5.74, 6) is -0.421. The van der Waals surface area contributed by atoms with E-state index in [1.807, 2.05) is 0 Å². The fraction of sp³-hybridized carbons (Fsp3) is 0.636. The van der Waals surface area contributed by atoms with E-state index in [1.165, 1.54) is 0 Å². The predicted octanol–water partition coefficient (Wildman–Crippen LogP) is 2.33. The van der Waals surface area contributed by atoms with E-state index in [9.17, 15) is 4.79 Å². The fourth-order valence-electron chi connectivity index (χ4n) is 1.83. The standard InChI is InChI=1S/C11H16N2O2/c1-2-3-4-8-9(11(14)15)10(13-12-8)7-5-6-7/h7H,2-6H2,1H3,(H,12,13)(H,14,15). The number of unbranched alkanes of at least 4 members (excludes halogenated alkanes) is 1. The zero-order valence-electron chi connectivity index (χ0n) is 8.92. The summed E-state index contributed by atoms with van der Waals surface area (Å²) in [6, 6.07) is 0. The van der Waals surface area contributed by atoms with Gasteiger partial charge >= 0.3 is 5.97 Å². The molecule has 1 heterocycles. The lowest BCUT2D eigenvalue weighted by Crippen LogP contribution is -2.03. The summed E-state index contributed by atoms with van der Waals surface area (Å²) in [7, 11) is 0. The molecule has 2 rings (SSSR count). The summed E-state index contributed by atoms with van der Waals surface area (Å²) in [5.41, 5.74) is 2.01. The van der Waals surface area contributed by atoms with Gasteiger partial charge in [0.2, 0.25) is 0 Å². The van der Waals surface area contributed by atoms with E-state index in [0.29, 0.717) is 11.5 Å². The lowest BCUT2D eigenvalue weighted by Gasteiger charge is -1.98. The van der Waals surface area contributed by atoms with E-state index in [-0.39, 0.29) is 0 Å². The van der Waals surface area contributed by atoms with Crippen molar-refractivity contribution in [2.24, 2.45) is 0 Å². The second-order valence-corrected chi connectivity index (χ2v) is 4.14. The molecule has 0 aromatic carbocycles. The van der Waals surface area contributed by atoms with Gasteiger partial charge in [-0.15, -0.1) is 0 Å². The first-order chi connectivity index (χ1) is 7.24. The van der Waals surface area contributed by atoms with Crippen LogP contribution in [0.25, 0.3) is 0 Å². The van der Waals surface area contributed by atoms with Gasteiger partial charge in [0.05, 0.1) is 11.4 Å². The summed E-state index contributed by atoms with van der Waals surface area (Å²) in [4.78, 5) is 11.1. The van der Waals surface area contributed by atoms with Gasteiger partial charge in [-0.3, -0.25) is 5.10 Å². The number of carboxylic acid groups (broad SMARTS) is 1. The Morgan fingerprint density at radius 1 is 1.60 bits per heavy atom. The number of hydrogen-bond donors (Lipinski definition) is 2. The van der Waals surface area contributed by atoms with Crippen molar-refractivity contribution in [3.8, 4) is 0 Å². The number of aromatic nitrogens is 2. The molecule has 15 heavy (non-hydrogen) atoms. The number of nitrogens with zero attached hydrogens (tertiary/aromatic N) is 1. The van der Waals surface area contributed by atoms with Crippen molar-refractivity contribution in [2.45, 2.75) is 44.9 Å². The van der Waals surface area contributed by atoms with Crippen molar-refractivity contribution < 1.29 is 9.90 Å². The molecule has 1 aliphatic rings. The van der Waals surface area contributed by atoms with E-state index in [1.54, 1.807) is 0 Å². The Bertz CT molecular complexity index is 367. The average Bonchev–Trinajstić information content (AvgIpc) is 2.95. The van der Waals surface area contributed by atoms with Gasteiger partial charge in [0.1, 0.15) is 5.56 Å². The molecule has 0 atom stereocenters. The number of aryl methyl sites for hydroxylation is 1. The molecular formula is C11H16N2O2. The number of H-pyrrole nitrogens is 1. The number of nitrogens with one attached hydrogen (secondary N) is 1. The third-order valence-electron chi connectivity index (χ3n) is 2.84. The van der Waals surface area contributed by atoms with Crippen LogP contribution in [0, 0.1) is 0 Å². The van der Waals surface area contributed by atoms with Gasteiger partial charge in [0, 0.05) is 5.92 Å². The van der Waals surface area contributed by atoms with E-state index in [4.69, 9.17) is 5.11 Å². The van der Waals surface area contributed by atoms with Crippen molar-refractivity contribution in [1.82, 2.24) is 10.2 Å². The van der Waals surface area contributed by atoms with E-state index < -0.39 is 5.97 Å². The van der Waals surface area contributed by atoms with Crippen LogP contribution in [0.1, 0.15) is 60.3 Å². The molecule has 0 bridgehead atoms. The zero-order valence-corrected chi connectivity index (χ0v) is 8.92. The highest BCUT2D eigenvalue weighted by molar-refractivity contribution is 5.90. The highest BCUT2D eigenvalue weighted by atomic mass is 16.4. The molecule has 0 radical (unpaired) electrons. The van der Waals surface area contributed by atoms with Crippen LogP contribution in [0.2, 0.25) is 0 Å². The van der Waals surface area contributed by atoms with Crippen LogP contribution in [0.4, 0.5) is 0 Å². The number of carboxylic acids is 1. The van der Waals surface area contributed by atoms with Gasteiger partial charge in [0.15, 0.2) is 0 Å². The highest BCUT2D eigenvalue weighted by Crippen LogP contribution is 2.41. The Balaban J connectivity index is 2.25. The van der Waals surface area contributed by atoms with Crippen LogP contribution >= 0.6 is 0 Å². The average molecular weight is 208 g/mol. The SMILES string of the molecule is CCCCc1n[nH]c(C2CC2)c1C(=O)O. The molecule has 4 nitrogen and oxygen atoms in total. The van der Waals surface area contributed by atoms with Gasteiger partial charge in [-0.05, 0) is 25.7 Å². The van der Waals surface area contributed by atoms with Gasteiger partial charge in [-0.25, -0.2) is 4.79 Å². The highest BCUT2D eigenvalue weighted by Gasteiger charge is 2.32. The Morgan fingerprint density at radius 2 is 2.33 bits per heavy atom. The number of aromatic carboxylic acids is 1. The van der Waals surface area contributed by atoms with E-state index in [2.05, 4.69) is 17.1 Å². The van der Waals surface area contributed by atoms with Crippen molar-refractivity contribution in [3.63, 3.8) is 0 Å². The minimum Gasteiger partial charge on any atom is -0.478 e. The summed E-state index contributed by atoms with van der Waals surface area (Å²) in [6.45, 7) is 2.09. The van der Waals surface area contributed by atoms with Crippen LogP contribution in [-0.4, -0.2) is 21.3 Å². The smallest absolute Gasteiger partial charge is 0.339 e. The molecule has 4 heteroatoms. The van der Waals surface area contributed by atoms with Crippen LogP contribution < -0.4 is 0 Å². The Morgan fingerprint density at radius 3 is 2.87 bits per heavy atom. The Hall–Kier alpha value is -1.32. The maximum Gasteiger partial charge on any atom is 0.339 e. The van der Waals surface area contributed by atoms with E-state index >= 15 is 0 Å². The minimum atomic E-state index is -0.836. The van der Waals surface area contributed by atoms with Crippen molar-refractivity contribution >= 4 is 5.97 Å². The lowest BCUT2D eigenvalue weighted by atomic mass is 10.1.